The number of nitrogen functional groups attached to an aromatic ring is 1. The van der Waals surface area contributed by atoms with Gasteiger partial charge in [0.15, 0.2) is 23.8 Å². The zero-order valence-corrected chi connectivity index (χ0v) is 18.8. The van der Waals surface area contributed by atoms with Gasteiger partial charge in [-0.3, -0.25) is 14.2 Å². The van der Waals surface area contributed by atoms with Gasteiger partial charge in [0.1, 0.15) is 17.7 Å². The summed E-state index contributed by atoms with van der Waals surface area (Å²) in [6, 6.07) is 0. The van der Waals surface area contributed by atoms with E-state index in [1.807, 2.05) is 0 Å². The van der Waals surface area contributed by atoms with Crippen LogP contribution in [0.15, 0.2) is 6.33 Å². The fourth-order valence-electron chi connectivity index (χ4n) is 4.49. The van der Waals surface area contributed by atoms with E-state index in [2.05, 4.69) is 32.1 Å². The Kier molecular flexibility index (Phi) is 6.97. The van der Waals surface area contributed by atoms with Gasteiger partial charge >= 0.3 is 0 Å². The SMILES string of the molecule is CCNC(=O)[C@H]1O[C@@H](n2cnc3c(N)nc(C#CCC4CCC(C(N)=O)CC4)nc32)[C@@H](O)C1O. The number of rotatable bonds is 5. The summed E-state index contributed by atoms with van der Waals surface area (Å²) in [5, 5.41) is 23.4. The number of likely N-dealkylation sites (N-methyl/N-ethyl adjacent to an activating group) is 1. The van der Waals surface area contributed by atoms with Crippen LogP contribution in [-0.4, -0.2) is 66.4 Å². The van der Waals surface area contributed by atoms with Crippen molar-refractivity contribution in [2.45, 2.75) is 63.6 Å². The highest BCUT2D eigenvalue weighted by atomic mass is 16.6. The molecule has 1 saturated carbocycles. The molecule has 34 heavy (non-hydrogen) atoms. The molecule has 7 N–H and O–H groups in total. The fourth-order valence-corrected chi connectivity index (χ4v) is 4.49. The second-order valence-electron chi connectivity index (χ2n) is 8.71. The summed E-state index contributed by atoms with van der Waals surface area (Å²) in [4.78, 5) is 36.3. The van der Waals surface area contributed by atoms with Crippen LogP contribution < -0.4 is 16.8 Å². The van der Waals surface area contributed by atoms with Crippen LogP contribution in [-0.2, 0) is 14.3 Å². The molecule has 2 aromatic rings. The van der Waals surface area contributed by atoms with Gasteiger partial charge in [0, 0.05) is 18.9 Å². The van der Waals surface area contributed by atoms with Crippen LogP contribution in [0.2, 0.25) is 0 Å². The number of hydrogen-bond donors (Lipinski definition) is 5. The third kappa shape index (κ3) is 4.68. The molecule has 0 radical (unpaired) electrons. The van der Waals surface area contributed by atoms with Crippen LogP contribution in [0.3, 0.4) is 0 Å². The van der Waals surface area contributed by atoms with E-state index < -0.39 is 30.4 Å². The molecule has 1 unspecified atom stereocenters. The van der Waals surface area contributed by atoms with Crippen molar-refractivity contribution in [3.05, 3.63) is 12.2 Å². The maximum Gasteiger partial charge on any atom is 0.252 e. The second kappa shape index (κ2) is 9.92. The molecule has 3 heterocycles. The van der Waals surface area contributed by atoms with E-state index in [0.29, 0.717) is 24.4 Å². The fraction of sp³-hybridized carbons (Fsp3) is 0.591. The molecule has 12 heteroatoms. The second-order valence-corrected chi connectivity index (χ2v) is 8.71. The van der Waals surface area contributed by atoms with E-state index in [1.54, 1.807) is 6.92 Å². The van der Waals surface area contributed by atoms with Gasteiger partial charge in [0.05, 0.1) is 6.33 Å². The Morgan fingerprint density at radius 3 is 2.65 bits per heavy atom. The summed E-state index contributed by atoms with van der Waals surface area (Å²) in [5.74, 6) is 5.89. The number of amides is 2. The highest BCUT2D eigenvalue weighted by molar-refractivity contribution is 5.83. The Hall–Kier alpha value is -3.27. The van der Waals surface area contributed by atoms with Gasteiger partial charge in [-0.05, 0) is 44.4 Å². The number of nitrogens with two attached hydrogens (primary N) is 2. The lowest BCUT2D eigenvalue weighted by Crippen LogP contribution is -2.42. The molecular weight excluding hydrogens is 442 g/mol. The summed E-state index contributed by atoms with van der Waals surface area (Å²) < 4.78 is 7.07. The minimum atomic E-state index is -1.42. The van der Waals surface area contributed by atoms with Crippen LogP contribution in [0.4, 0.5) is 5.82 Å². The summed E-state index contributed by atoms with van der Waals surface area (Å²) in [7, 11) is 0. The van der Waals surface area contributed by atoms with Crippen molar-refractivity contribution in [2.75, 3.05) is 12.3 Å². The maximum atomic E-state index is 12.2. The van der Waals surface area contributed by atoms with Gasteiger partial charge in [0.25, 0.3) is 5.91 Å². The number of imidazole rings is 1. The Morgan fingerprint density at radius 1 is 1.24 bits per heavy atom. The largest absolute Gasteiger partial charge is 0.387 e. The monoisotopic (exact) mass is 471 g/mol. The Balaban J connectivity index is 1.52. The van der Waals surface area contributed by atoms with Crippen LogP contribution in [0.25, 0.3) is 11.2 Å². The first-order valence-electron chi connectivity index (χ1n) is 11.4. The number of aliphatic hydroxyl groups is 2. The van der Waals surface area contributed by atoms with Gasteiger partial charge in [-0.2, -0.15) is 0 Å². The van der Waals surface area contributed by atoms with Crippen LogP contribution in [0.5, 0.6) is 0 Å². The molecule has 0 bridgehead atoms. The van der Waals surface area contributed by atoms with Crippen molar-refractivity contribution in [1.29, 1.82) is 0 Å². The van der Waals surface area contributed by atoms with E-state index in [4.69, 9.17) is 16.2 Å². The molecular formula is C22H29N7O5. The number of primary amides is 1. The number of carbonyl (C=O) groups excluding carboxylic acids is 2. The van der Waals surface area contributed by atoms with Crippen LogP contribution >= 0.6 is 0 Å². The van der Waals surface area contributed by atoms with Crippen LogP contribution in [0.1, 0.15) is 51.1 Å². The average molecular weight is 472 g/mol. The number of carbonyl (C=O) groups is 2. The molecule has 2 fully saturated rings. The van der Waals surface area contributed by atoms with Crippen molar-refractivity contribution in [1.82, 2.24) is 24.8 Å². The number of nitrogens with one attached hydrogen (secondary N) is 1. The van der Waals surface area contributed by atoms with Crippen molar-refractivity contribution in [3.63, 3.8) is 0 Å². The first-order chi connectivity index (χ1) is 16.3. The molecule has 0 spiro atoms. The highest BCUT2D eigenvalue weighted by Gasteiger charge is 2.47. The number of hydrogen-bond acceptors (Lipinski definition) is 9. The zero-order valence-electron chi connectivity index (χ0n) is 18.8. The van der Waals surface area contributed by atoms with Crippen molar-refractivity contribution in [3.8, 4) is 11.8 Å². The van der Waals surface area contributed by atoms with Crippen LogP contribution in [0, 0.1) is 23.7 Å². The van der Waals surface area contributed by atoms with E-state index in [9.17, 15) is 19.8 Å². The molecule has 182 valence electrons. The smallest absolute Gasteiger partial charge is 0.252 e. The summed E-state index contributed by atoms with van der Waals surface area (Å²) in [6.07, 6.45) is 0.215. The summed E-state index contributed by atoms with van der Waals surface area (Å²) in [6.45, 7) is 2.10. The zero-order chi connectivity index (χ0) is 24.4. The molecule has 12 nitrogen and oxygen atoms in total. The number of ether oxygens (including phenoxy) is 1. The molecule has 4 atom stereocenters. The lowest BCUT2D eigenvalue weighted by atomic mass is 9.80. The molecule has 1 aliphatic heterocycles. The topological polar surface area (TPSA) is 192 Å². The quantitative estimate of drug-likeness (QED) is 0.347. The first-order valence-corrected chi connectivity index (χ1v) is 11.4. The molecule has 4 rings (SSSR count). The van der Waals surface area contributed by atoms with E-state index >= 15 is 0 Å². The number of anilines is 1. The van der Waals surface area contributed by atoms with Gasteiger partial charge in [-0.1, -0.05) is 5.92 Å². The van der Waals surface area contributed by atoms with Gasteiger partial charge in [-0.25, -0.2) is 15.0 Å². The third-order valence-electron chi connectivity index (χ3n) is 6.41. The van der Waals surface area contributed by atoms with E-state index in [0.717, 1.165) is 25.7 Å². The normalized spacial score (nSPS) is 28.9. The number of aliphatic hydroxyl groups excluding tert-OH is 2. The molecule has 1 aliphatic carbocycles. The molecule has 2 aromatic heterocycles. The number of nitrogens with zero attached hydrogens (tertiary/aromatic N) is 4. The molecule has 2 amide bonds. The minimum absolute atomic E-state index is 0.0469. The lowest BCUT2D eigenvalue weighted by molar-refractivity contribution is -0.137. The highest BCUT2D eigenvalue weighted by Crippen LogP contribution is 2.32. The third-order valence-corrected chi connectivity index (χ3v) is 6.41. The maximum absolute atomic E-state index is 12.2. The van der Waals surface area contributed by atoms with Crippen molar-refractivity contribution < 1.29 is 24.5 Å². The van der Waals surface area contributed by atoms with E-state index in [-0.39, 0.29) is 29.1 Å². The van der Waals surface area contributed by atoms with Gasteiger partial charge in [-0.15, -0.1) is 0 Å². The van der Waals surface area contributed by atoms with Gasteiger partial charge < -0.3 is 31.7 Å². The summed E-state index contributed by atoms with van der Waals surface area (Å²) in [5.41, 5.74) is 12.0. The van der Waals surface area contributed by atoms with Gasteiger partial charge in [0.2, 0.25) is 11.7 Å². The predicted octanol–water partition coefficient (Wildman–Crippen LogP) is -0.803. The predicted molar refractivity (Wildman–Crippen MR) is 120 cm³/mol. The standard InChI is InChI=1S/C22H29N7O5/c1-2-25-21(33)17-15(30)16(31)22(34-17)29-10-26-14-18(23)27-13(28-20(14)29)5-3-4-11-6-8-12(9-7-11)19(24)32/h10-12,15-17,22,30-31H,2,4,6-9H2,1H3,(H2,24,32)(H,25,33)(H2,23,27,28)/t11?,12?,15?,16-,17-,22+/m0/s1. The molecule has 2 aliphatic rings. The lowest BCUT2D eigenvalue weighted by Gasteiger charge is -2.25. The summed E-state index contributed by atoms with van der Waals surface area (Å²) >= 11 is 0. The first kappa shape index (κ1) is 23.9. The van der Waals surface area contributed by atoms with Crippen molar-refractivity contribution in [2.24, 2.45) is 17.6 Å². The van der Waals surface area contributed by atoms with E-state index in [1.165, 1.54) is 10.9 Å². The Morgan fingerprint density at radius 2 is 1.97 bits per heavy atom. The number of fused-ring (bicyclic) bond motifs is 1. The molecule has 1 saturated heterocycles. The minimum Gasteiger partial charge on any atom is -0.387 e. The number of aromatic nitrogens is 4. The van der Waals surface area contributed by atoms with Crippen molar-refractivity contribution >= 4 is 28.8 Å². The Labute approximate surface area is 196 Å². The average Bonchev–Trinajstić information content (AvgIpc) is 3.36. The Bertz CT molecular complexity index is 1130. The molecule has 0 aromatic carbocycles.